The molecule has 0 bridgehead atoms. The number of aryl methyl sites for hydroxylation is 1. The Morgan fingerprint density at radius 2 is 2.29 bits per heavy atom. The van der Waals surface area contributed by atoms with Gasteiger partial charge in [-0.2, -0.15) is 16.3 Å². The highest BCUT2D eigenvalue weighted by molar-refractivity contribution is 7.08. The minimum absolute atomic E-state index is 0.181. The summed E-state index contributed by atoms with van der Waals surface area (Å²) in [5.74, 6) is 1.52. The van der Waals surface area contributed by atoms with Gasteiger partial charge in [0, 0.05) is 17.5 Å². The van der Waals surface area contributed by atoms with Crippen molar-refractivity contribution < 1.29 is 4.52 Å². The van der Waals surface area contributed by atoms with E-state index >= 15 is 0 Å². The maximum absolute atomic E-state index is 5.72. The van der Waals surface area contributed by atoms with Gasteiger partial charge in [0.05, 0.1) is 5.92 Å². The summed E-state index contributed by atoms with van der Waals surface area (Å²) in [5.41, 5.74) is 7.96. The zero-order valence-corrected chi connectivity index (χ0v) is 11.0. The lowest BCUT2D eigenvalue weighted by Gasteiger charge is -2.06. The van der Waals surface area contributed by atoms with Gasteiger partial charge in [-0.05, 0) is 24.3 Å². The van der Waals surface area contributed by atoms with E-state index in [1.807, 2.05) is 12.3 Å². The first-order chi connectivity index (χ1) is 8.26. The van der Waals surface area contributed by atoms with E-state index in [0.717, 1.165) is 18.4 Å². The second kappa shape index (κ2) is 5.42. The van der Waals surface area contributed by atoms with Crippen LogP contribution in [-0.2, 0) is 0 Å². The predicted octanol–water partition coefficient (Wildman–Crippen LogP) is 2.95. The Morgan fingerprint density at radius 3 is 2.88 bits per heavy atom. The Morgan fingerprint density at radius 1 is 1.47 bits per heavy atom. The monoisotopic (exact) mass is 251 g/mol. The summed E-state index contributed by atoms with van der Waals surface area (Å²) in [7, 11) is 0. The largest absolute Gasteiger partial charge is 0.339 e. The summed E-state index contributed by atoms with van der Waals surface area (Å²) in [6, 6.07) is 0. The fraction of sp³-hybridized carbons (Fsp3) is 0.500. The van der Waals surface area contributed by atoms with Gasteiger partial charge >= 0.3 is 0 Å². The van der Waals surface area contributed by atoms with Gasteiger partial charge in [-0.25, -0.2) is 0 Å². The molecule has 2 aromatic rings. The van der Waals surface area contributed by atoms with Crippen LogP contribution in [0.15, 0.2) is 15.3 Å². The van der Waals surface area contributed by atoms with E-state index < -0.39 is 0 Å². The predicted molar refractivity (Wildman–Crippen MR) is 69.1 cm³/mol. The van der Waals surface area contributed by atoms with Gasteiger partial charge < -0.3 is 10.3 Å². The highest BCUT2D eigenvalue weighted by Crippen LogP contribution is 2.26. The Balaban J connectivity index is 2.24. The first-order valence-electron chi connectivity index (χ1n) is 5.83. The molecule has 0 radical (unpaired) electrons. The molecule has 0 saturated carbocycles. The molecule has 2 heterocycles. The van der Waals surface area contributed by atoms with Crippen molar-refractivity contribution in [2.24, 2.45) is 5.73 Å². The van der Waals surface area contributed by atoms with Crippen molar-refractivity contribution in [1.29, 1.82) is 0 Å². The first kappa shape index (κ1) is 12.3. The van der Waals surface area contributed by atoms with E-state index in [4.69, 9.17) is 10.3 Å². The summed E-state index contributed by atoms with van der Waals surface area (Å²) in [4.78, 5) is 4.45. The lowest BCUT2D eigenvalue weighted by Crippen LogP contribution is -2.12. The van der Waals surface area contributed by atoms with Crippen molar-refractivity contribution in [3.63, 3.8) is 0 Å². The molecule has 2 rings (SSSR count). The topological polar surface area (TPSA) is 64.9 Å². The molecule has 2 N–H and O–H groups in total. The molecule has 92 valence electrons. The molecule has 0 fully saturated rings. The maximum Gasteiger partial charge on any atom is 0.231 e. The summed E-state index contributed by atoms with van der Waals surface area (Å²) in [6.45, 7) is 4.73. The first-order valence-corrected chi connectivity index (χ1v) is 6.77. The third kappa shape index (κ3) is 2.56. The van der Waals surface area contributed by atoms with Crippen LogP contribution in [0.25, 0.3) is 11.4 Å². The summed E-state index contributed by atoms with van der Waals surface area (Å²) in [5, 5.41) is 8.16. The Bertz CT molecular complexity index is 478. The second-order valence-corrected chi connectivity index (χ2v) is 4.89. The normalized spacial score (nSPS) is 12.9. The second-order valence-electron chi connectivity index (χ2n) is 4.15. The van der Waals surface area contributed by atoms with Crippen LogP contribution < -0.4 is 5.73 Å². The van der Waals surface area contributed by atoms with E-state index in [1.165, 1.54) is 5.56 Å². The zero-order valence-electron chi connectivity index (χ0n) is 10.1. The fourth-order valence-corrected chi connectivity index (χ4v) is 2.62. The Hall–Kier alpha value is -1.20. The number of hydrogen-bond donors (Lipinski definition) is 1. The molecule has 4 nitrogen and oxygen atoms in total. The van der Waals surface area contributed by atoms with Crippen LogP contribution in [0.5, 0.6) is 0 Å². The molecule has 17 heavy (non-hydrogen) atoms. The molecule has 0 saturated heterocycles. The summed E-state index contributed by atoms with van der Waals surface area (Å²) >= 11 is 1.65. The van der Waals surface area contributed by atoms with Crippen molar-refractivity contribution in [3.05, 3.63) is 22.2 Å². The Kier molecular flexibility index (Phi) is 3.91. The number of nitrogens with zero attached hydrogens (tertiary/aromatic N) is 2. The van der Waals surface area contributed by atoms with Crippen molar-refractivity contribution in [2.45, 2.75) is 32.6 Å². The molecule has 0 amide bonds. The van der Waals surface area contributed by atoms with E-state index in [2.05, 4.69) is 22.4 Å². The minimum Gasteiger partial charge on any atom is -0.339 e. The molecule has 2 aromatic heterocycles. The number of rotatable bonds is 5. The number of nitrogens with two attached hydrogens (primary N) is 1. The van der Waals surface area contributed by atoms with Crippen molar-refractivity contribution in [1.82, 2.24) is 10.1 Å². The molecule has 1 unspecified atom stereocenters. The van der Waals surface area contributed by atoms with E-state index in [1.54, 1.807) is 11.3 Å². The lowest BCUT2D eigenvalue weighted by molar-refractivity contribution is 0.347. The average molecular weight is 251 g/mol. The molecule has 0 aliphatic heterocycles. The number of aromatic nitrogens is 2. The van der Waals surface area contributed by atoms with Crippen molar-refractivity contribution in [2.75, 3.05) is 6.54 Å². The molecule has 5 heteroatoms. The lowest BCUT2D eigenvalue weighted by atomic mass is 10.0. The summed E-state index contributed by atoms with van der Waals surface area (Å²) in [6.07, 6.45) is 2.05. The highest BCUT2D eigenvalue weighted by atomic mass is 32.1. The SMILES string of the molecule is CCCC(CN)c1nc(-c2cscc2C)no1. The smallest absolute Gasteiger partial charge is 0.231 e. The third-order valence-corrected chi connectivity index (χ3v) is 3.67. The molecule has 0 aromatic carbocycles. The molecular formula is C12H17N3OS. The van der Waals surface area contributed by atoms with Crippen LogP contribution >= 0.6 is 11.3 Å². The van der Waals surface area contributed by atoms with Crippen LogP contribution in [0.3, 0.4) is 0 Å². The maximum atomic E-state index is 5.72. The van der Waals surface area contributed by atoms with Gasteiger partial charge in [0.2, 0.25) is 11.7 Å². The van der Waals surface area contributed by atoms with E-state index in [-0.39, 0.29) is 5.92 Å². The molecular weight excluding hydrogens is 234 g/mol. The van der Waals surface area contributed by atoms with Gasteiger partial charge in [0.25, 0.3) is 0 Å². The van der Waals surface area contributed by atoms with E-state index in [9.17, 15) is 0 Å². The van der Waals surface area contributed by atoms with E-state index in [0.29, 0.717) is 18.3 Å². The third-order valence-electron chi connectivity index (χ3n) is 2.81. The van der Waals surface area contributed by atoms with Gasteiger partial charge in [-0.3, -0.25) is 0 Å². The summed E-state index contributed by atoms with van der Waals surface area (Å²) < 4.78 is 5.31. The van der Waals surface area contributed by atoms with Crippen LogP contribution in [0.1, 0.15) is 37.1 Å². The minimum atomic E-state index is 0.181. The van der Waals surface area contributed by atoms with Crippen LogP contribution in [-0.4, -0.2) is 16.7 Å². The van der Waals surface area contributed by atoms with Crippen LogP contribution in [0.2, 0.25) is 0 Å². The van der Waals surface area contributed by atoms with Crippen LogP contribution in [0.4, 0.5) is 0 Å². The standard InChI is InChI=1S/C12H17N3OS/c1-3-4-9(5-13)12-14-11(15-16-12)10-7-17-6-8(10)2/h6-7,9H,3-5,13H2,1-2H3. The van der Waals surface area contributed by atoms with Gasteiger partial charge in [0.1, 0.15) is 0 Å². The fourth-order valence-electron chi connectivity index (χ4n) is 1.79. The molecule has 1 atom stereocenters. The molecule has 0 spiro atoms. The highest BCUT2D eigenvalue weighted by Gasteiger charge is 2.18. The number of thiophene rings is 1. The van der Waals surface area contributed by atoms with Gasteiger partial charge in [-0.15, -0.1) is 0 Å². The zero-order chi connectivity index (χ0) is 12.3. The number of hydrogen-bond acceptors (Lipinski definition) is 5. The van der Waals surface area contributed by atoms with Crippen LogP contribution in [0, 0.1) is 6.92 Å². The quantitative estimate of drug-likeness (QED) is 0.887. The van der Waals surface area contributed by atoms with Crippen molar-refractivity contribution >= 4 is 11.3 Å². The van der Waals surface area contributed by atoms with Gasteiger partial charge in [-0.1, -0.05) is 18.5 Å². The van der Waals surface area contributed by atoms with Gasteiger partial charge in [0.15, 0.2) is 0 Å². The average Bonchev–Trinajstić information content (AvgIpc) is 2.94. The van der Waals surface area contributed by atoms with Crippen molar-refractivity contribution in [3.8, 4) is 11.4 Å². The Labute approximate surface area is 105 Å². The molecule has 0 aliphatic carbocycles. The molecule has 0 aliphatic rings.